The summed E-state index contributed by atoms with van der Waals surface area (Å²) in [6.07, 6.45) is 2.29. The average Bonchev–Trinajstić information content (AvgIpc) is 2.91. The van der Waals surface area contributed by atoms with Gasteiger partial charge in [0.1, 0.15) is 22.9 Å². The minimum Gasteiger partial charge on any atom is -0.507 e. The number of carbonyl (C=O) groups excluding carboxylic acids is 1. The molecule has 1 fully saturated rings. The lowest BCUT2D eigenvalue weighted by Crippen LogP contribution is -2.38. The number of aliphatic carboxylic acids is 1. The third kappa shape index (κ3) is 8.07. The second-order valence-electron chi connectivity index (χ2n) is 9.93. The van der Waals surface area contributed by atoms with E-state index < -0.39 is 35.6 Å². The molecule has 3 rings (SSSR count). The number of amidine groups is 2. The van der Waals surface area contributed by atoms with E-state index >= 15 is 0 Å². The number of carbonyl (C=O) groups is 3. The molecule has 0 radical (unpaired) electrons. The van der Waals surface area contributed by atoms with E-state index in [1.54, 1.807) is 32.1 Å². The summed E-state index contributed by atoms with van der Waals surface area (Å²) < 4.78 is 0. The number of likely N-dealkylation sites (tertiary alicyclic amines) is 1. The molecule has 0 bridgehead atoms. The Morgan fingerprint density at radius 2 is 1.76 bits per heavy atom. The van der Waals surface area contributed by atoms with Crippen molar-refractivity contribution in [2.24, 2.45) is 10.7 Å². The molecule has 41 heavy (non-hydrogen) atoms. The number of piperidine rings is 1. The number of nitrogens with two attached hydrogens (primary N) is 1. The Morgan fingerprint density at radius 3 is 2.37 bits per heavy atom. The van der Waals surface area contributed by atoms with Crippen LogP contribution in [0, 0.1) is 5.41 Å². The van der Waals surface area contributed by atoms with Gasteiger partial charge in [0.25, 0.3) is 0 Å². The monoisotopic (exact) mass is 565 g/mol. The maximum Gasteiger partial charge on any atom is 0.341 e. The third-order valence-corrected chi connectivity index (χ3v) is 6.77. The quantitative estimate of drug-likeness (QED) is 0.185. The molecular weight excluding hydrogens is 530 g/mol. The number of aliphatic imine (C=N–C) groups is 1. The lowest BCUT2D eigenvalue weighted by atomic mass is 10.0. The minimum atomic E-state index is -1.45. The first-order valence-electron chi connectivity index (χ1n) is 13.1. The molecule has 7 N–H and O–H groups in total. The number of carboxylic acids is 2. The van der Waals surface area contributed by atoms with E-state index in [0.29, 0.717) is 28.4 Å². The Balaban J connectivity index is 1.89. The molecule has 1 aliphatic heterocycles. The molecule has 2 aromatic carbocycles. The fourth-order valence-corrected chi connectivity index (χ4v) is 4.62. The first-order chi connectivity index (χ1) is 19.4. The van der Waals surface area contributed by atoms with Gasteiger partial charge in [0.05, 0.1) is 24.0 Å². The predicted octanol–water partition coefficient (Wildman–Crippen LogP) is 3.26. The van der Waals surface area contributed by atoms with E-state index in [-0.39, 0.29) is 30.4 Å². The molecule has 1 heterocycles. The number of hydrogen-bond acceptors (Lipinski definition) is 7. The summed E-state index contributed by atoms with van der Waals surface area (Å²) in [7, 11) is 0. The number of nitrogens with zero attached hydrogens (tertiary/aromatic N) is 3. The Hall–Kier alpha value is -4.87. The summed E-state index contributed by atoms with van der Waals surface area (Å²) in [6.45, 7) is 4.74. The first-order valence-corrected chi connectivity index (χ1v) is 13.1. The second-order valence-corrected chi connectivity index (χ2v) is 9.93. The van der Waals surface area contributed by atoms with Crippen LogP contribution in [0.1, 0.15) is 61.0 Å². The van der Waals surface area contributed by atoms with Gasteiger partial charge in [0, 0.05) is 37.2 Å². The highest BCUT2D eigenvalue weighted by Crippen LogP contribution is 2.31. The van der Waals surface area contributed by atoms with Crippen LogP contribution >= 0.6 is 0 Å². The summed E-state index contributed by atoms with van der Waals surface area (Å²) in [5, 5.41) is 47.2. The maximum atomic E-state index is 13.0. The van der Waals surface area contributed by atoms with Crippen LogP contribution < -0.4 is 10.6 Å². The van der Waals surface area contributed by atoms with Gasteiger partial charge in [0.15, 0.2) is 0 Å². The number of carboxylic acid groups (broad SMARTS) is 2. The molecule has 0 unspecified atom stereocenters. The average molecular weight is 566 g/mol. The zero-order valence-corrected chi connectivity index (χ0v) is 23.0. The fraction of sp³-hybridized carbons (Fsp3) is 0.345. The summed E-state index contributed by atoms with van der Waals surface area (Å²) in [5.74, 6) is -3.04. The van der Waals surface area contributed by atoms with Crippen LogP contribution in [0.4, 0.5) is 5.69 Å². The van der Waals surface area contributed by atoms with Gasteiger partial charge in [-0.15, -0.1) is 0 Å². The van der Waals surface area contributed by atoms with Crippen LogP contribution in [0.15, 0.2) is 47.0 Å². The maximum absolute atomic E-state index is 13.0. The summed E-state index contributed by atoms with van der Waals surface area (Å²) >= 11 is 0. The Bertz CT molecular complexity index is 1390. The molecule has 2 aromatic rings. The molecule has 218 valence electrons. The smallest absolute Gasteiger partial charge is 0.341 e. The molecular formula is C29H35N5O7. The van der Waals surface area contributed by atoms with Gasteiger partial charge in [-0.25, -0.2) is 4.79 Å². The largest absolute Gasteiger partial charge is 0.507 e. The van der Waals surface area contributed by atoms with E-state index in [4.69, 9.17) is 16.2 Å². The standard InChI is InChI=1S/C29H35N5O7/c1-17(16-34(25(37)8-9-26(38)39)22-4-3-5-24(36)27(22)29(40)41)14-20-15-19(6-7-23(20)35)28(31)32-21-10-12-33(13-11-21)18(2)30/h3-7,14-15,21,30,35-36H,8-13,16H2,1-2H3,(H2,31,32)(H,38,39)(H,40,41)/b17-14+,30-18?. The van der Waals surface area contributed by atoms with Crippen LogP contribution in [0.2, 0.25) is 0 Å². The van der Waals surface area contributed by atoms with E-state index in [1.807, 2.05) is 4.90 Å². The number of amides is 1. The highest BCUT2D eigenvalue weighted by molar-refractivity contribution is 6.04. The van der Waals surface area contributed by atoms with Gasteiger partial charge in [-0.1, -0.05) is 17.7 Å². The van der Waals surface area contributed by atoms with Crippen LogP contribution in [-0.4, -0.2) is 80.5 Å². The van der Waals surface area contributed by atoms with Crippen molar-refractivity contribution < 1.29 is 34.8 Å². The highest BCUT2D eigenvalue weighted by atomic mass is 16.4. The van der Waals surface area contributed by atoms with Crippen molar-refractivity contribution in [3.63, 3.8) is 0 Å². The number of aromatic hydroxyl groups is 2. The molecule has 1 aliphatic rings. The number of hydrogen-bond donors (Lipinski definition) is 6. The molecule has 0 aromatic heterocycles. The van der Waals surface area contributed by atoms with Crippen molar-refractivity contribution in [2.45, 2.75) is 45.6 Å². The van der Waals surface area contributed by atoms with Gasteiger partial charge < -0.3 is 36.0 Å². The number of benzene rings is 2. The zero-order chi connectivity index (χ0) is 30.3. The topological polar surface area (TPSA) is 201 Å². The second kappa shape index (κ2) is 13.5. The van der Waals surface area contributed by atoms with E-state index in [2.05, 4.69) is 4.99 Å². The van der Waals surface area contributed by atoms with Crippen LogP contribution in [0.3, 0.4) is 0 Å². The highest BCUT2D eigenvalue weighted by Gasteiger charge is 2.25. The van der Waals surface area contributed by atoms with Crippen molar-refractivity contribution in [2.75, 3.05) is 24.5 Å². The number of anilines is 1. The third-order valence-electron chi connectivity index (χ3n) is 6.77. The lowest BCUT2D eigenvalue weighted by Gasteiger charge is -2.31. The number of nitrogens with one attached hydrogen (secondary N) is 1. The number of aromatic carboxylic acids is 1. The van der Waals surface area contributed by atoms with Crippen molar-refractivity contribution in [1.29, 1.82) is 5.41 Å². The molecule has 0 atom stereocenters. The molecule has 1 saturated heterocycles. The van der Waals surface area contributed by atoms with Crippen molar-refractivity contribution in [3.05, 3.63) is 58.7 Å². The molecule has 12 heteroatoms. The van der Waals surface area contributed by atoms with Gasteiger partial charge in [-0.05, 0) is 57.0 Å². The van der Waals surface area contributed by atoms with Crippen molar-refractivity contribution in [1.82, 2.24) is 4.90 Å². The van der Waals surface area contributed by atoms with Crippen LogP contribution in [0.5, 0.6) is 11.5 Å². The molecule has 1 amide bonds. The first kappa shape index (κ1) is 30.7. The number of rotatable bonds is 10. The summed E-state index contributed by atoms with van der Waals surface area (Å²) in [4.78, 5) is 43.7. The summed E-state index contributed by atoms with van der Waals surface area (Å²) in [6, 6.07) is 8.72. The van der Waals surface area contributed by atoms with E-state index in [0.717, 1.165) is 30.8 Å². The van der Waals surface area contributed by atoms with Crippen molar-refractivity contribution >= 4 is 41.3 Å². The Kier molecular flexibility index (Phi) is 10.1. The Morgan fingerprint density at radius 1 is 1.07 bits per heavy atom. The zero-order valence-electron chi connectivity index (χ0n) is 23.0. The Labute approximate surface area is 237 Å². The number of phenols is 2. The predicted molar refractivity (Wildman–Crippen MR) is 155 cm³/mol. The van der Waals surface area contributed by atoms with Crippen LogP contribution in [-0.2, 0) is 9.59 Å². The SMILES string of the molecule is CC(=N)N1CCC(N=C(N)c2ccc(O)c(/C=C(\C)CN(C(=O)CCC(=O)O)c3cccc(O)c3C(=O)O)c2)CC1. The van der Waals surface area contributed by atoms with Gasteiger partial charge in [0.2, 0.25) is 5.91 Å². The van der Waals surface area contributed by atoms with E-state index in [1.165, 1.54) is 24.3 Å². The lowest BCUT2D eigenvalue weighted by molar-refractivity contribution is -0.138. The van der Waals surface area contributed by atoms with Gasteiger partial charge in [-0.3, -0.25) is 20.0 Å². The van der Waals surface area contributed by atoms with Gasteiger partial charge >= 0.3 is 11.9 Å². The summed E-state index contributed by atoms with van der Waals surface area (Å²) in [5.41, 5.74) is 7.23. The minimum absolute atomic E-state index is 0.0104. The fourth-order valence-electron chi connectivity index (χ4n) is 4.62. The molecule has 0 aliphatic carbocycles. The molecule has 0 spiro atoms. The van der Waals surface area contributed by atoms with Crippen LogP contribution in [0.25, 0.3) is 6.08 Å². The number of phenolic OH excluding ortho intramolecular Hbond substituents is 1. The molecule has 12 nitrogen and oxygen atoms in total. The van der Waals surface area contributed by atoms with E-state index in [9.17, 15) is 29.7 Å². The van der Waals surface area contributed by atoms with Gasteiger partial charge in [-0.2, -0.15) is 0 Å². The van der Waals surface area contributed by atoms with Crippen molar-refractivity contribution in [3.8, 4) is 11.5 Å². The normalized spacial score (nSPS) is 14.5. The molecule has 0 saturated carbocycles.